The molecule has 2 aliphatic rings. The highest BCUT2D eigenvalue weighted by atomic mass is 16.2. The molecule has 4 heteroatoms. The number of β-lactam (4-membered cyclic amide) rings is 1. The van der Waals surface area contributed by atoms with Crippen molar-refractivity contribution in [2.24, 2.45) is 0 Å². The molecule has 1 saturated heterocycles. The Bertz CT molecular complexity index is 509. The Morgan fingerprint density at radius 3 is 2.52 bits per heavy atom. The number of amides is 3. The summed E-state index contributed by atoms with van der Waals surface area (Å²) in [7, 11) is 0. The monoisotopic (exact) mass is 286 g/mol. The third kappa shape index (κ3) is 3.26. The van der Waals surface area contributed by atoms with E-state index >= 15 is 0 Å². The van der Waals surface area contributed by atoms with Crippen LogP contribution in [0.15, 0.2) is 30.3 Å². The Morgan fingerprint density at radius 1 is 1.14 bits per heavy atom. The van der Waals surface area contributed by atoms with Crippen LogP contribution in [0.2, 0.25) is 0 Å². The number of imide groups is 1. The van der Waals surface area contributed by atoms with Crippen LogP contribution in [0.25, 0.3) is 0 Å². The van der Waals surface area contributed by atoms with E-state index in [1.807, 2.05) is 30.3 Å². The standard InChI is InChI=1S/C17H22N2O2/c20-16-12-15(11-13-7-3-1-4-8-13)19(16)17(21)18-14-9-5-2-6-10-14/h1,3-4,7-8,14-15H,2,5-6,9-12H2,(H,18,21)/t15-/m1/s1. The molecule has 21 heavy (non-hydrogen) atoms. The molecule has 0 spiro atoms. The van der Waals surface area contributed by atoms with Crippen molar-refractivity contribution in [3.63, 3.8) is 0 Å². The number of rotatable bonds is 3. The van der Waals surface area contributed by atoms with Crippen LogP contribution in [0.1, 0.15) is 44.1 Å². The minimum atomic E-state index is -0.195. The van der Waals surface area contributed by atoms with Gasteiger partial charge >= 0.3 is 6.03 Å². The maximum Gasteiger partial charge on any atom is 0.324 e. The van der Waals surface area contributed by atoms with Crippen LogP contribution in [0.4, 0.5) is 4.79 Å². The second-order valence-electron chi connectivity index (χ2n) is 6.10. The summed E-state index contributed by atoms with van der Waals surface area (Å²) in [5, 5.41) is 3.03. The summed E-state index contributed by atoms with van der Waals surface area (Å²) in [4.78, 5) is 25.5. The number of carbonyl (C=O) groups is 2. The fraction of sp³-hybridized carbons (Fsp3) is 0.529. The molecule has 2 fully saturated rings. The third-order valence-electron chi connectivity index (χ3n) is 4.51. The van der Waals surface area contributed by atoms with Gasteiger partial charge in [0.25, 0.3) is 0 Å². The largest absolute Gasteiger partial charge is 0.335 e. The Hall–Kier alpha value is -1.84. The van der Waals surface area contributed by atoms with E-state index in [1.54, 1.807) is 0 Å². The second-order valence-corrected chi connectivity index (χ2v) is 6.10. The molecule has 3 amide bonds. The van der Waals surface area contributed by atoms with E-state index in [9.17, 15) is 9.59 Å². The van der Waals surface area contributed by atoms with E-state index < -0.39 is 0 Å². The first-order valence-electron chi connectivity index (χ1n) is 7.90. The molecule has 1 N–H and O–H groups in total. The zero-order chi connectivity index (χ0) is 14.7. The maximum absolute atomic E-state index is 12.3. The topological polar surface area (TPSA) is 49.4 Å². The van der Waals surface area contributed by atoms with E-state index in [0.29, 0.717) is 6.42 Å². The van der Waals surface area contributed by atoms with Gasteiger partial charge in [0.2, 0.25) is 5.91 Å². The number of carbonyl (C=O) groups excluding carboxylic acids is 2. The number of benzene rings is 1. The predicted octanol–water partition coefficient (Wildman–Crippen LogP) is 2.87. The SMILES string of the molecule is O=C1C[C@@H](Cc2ccccc2)N1C(=O)NC1CCCCC1. The summed E-state index contributed by atoms with van der Waals surface area (Å²) in [6.45, 7) is 0. The highest BCUT2D eigenvalue weighted by molar-refractivity contribution is 5.99. The molecule has 4 nitrogen and oxygen atoms in total. The molecule has 1 saturated carbocycles. The van der Waals surface area contributed by atoms with Gasteiger partial charge in [-0.2, -0.15) is 0 Å². The minimum absolute atomic E-state index is 0.0171. The van der Waals surface area contributed by atoms with Crippen molar-refractivity contribution < 1.29 is 9.59 Å². The summed E-state index contributed by atoms with van der Waals surface area (Å²) in [6.07, 6.45) is 6.91. The number of nitrogens with zero attached hydrogens (tertiary/aromatic N) is 1. The van der Waals surface area contributed by atoms with Crippen LogP contribution in [0.5, 0.6) is 0 Å². The van der Waals surface area contributed by atoms with Gasteiger partial charge in [-0.1, -0.05) is 49.6 Å². The Kier molecular flexibility index (Phi) is 4.23. The van der Waals surface area contributed by atoms with Crippen molar-refractivity contribution in [1.82, 2.24) is 10.2 Å². The molecule has 112 valence electrons. The lowest BCUT2D eigenvalue weighted by atomic mass is 9.94. The number of hydrogen-bond donors (Lipinski definition) is 1. The van der Waals surface area contributed by atoms with Crippen molar-refractivity contribution in [2.45, 2.75) is 57.0 Å². The molecule has 0 unspecified atom stereocenters. The quantitative estimate of drug-likeness (QED) is 0.869. The molecule has 1 aromatic carbocycles. The lowest BCUT2D eigenvalue weighted by Gasteiger charge is -2.39. The molecular formula is C17H22N2O2. The second kappa shape index (κ2) is 6.29. The van der Waals surface area contributed by atoms with E-state index in [4.69, 9.17) is 0 Å². The highest BCUT2D eigenvalue weighted by Gasteiger charge is 2.41. The van der Waals surface area contributed by atoms with Gasteiger partial charge in [0, 0.05) is 12.5 Å². The van der Waals surface area contributed by atoms with Gasteiger partial charge in [0.1, 0.15) is 0 Å². The number of likely N-dealkylation sites (tertiary alicyclic amines) is 1. The number of hydrogen-bond acceptors (Lipinski definition) is 2. The first-order chi connectivity index (χ1) is 10.2. The summed E-state index contributed by atoms with van der Waals surface area (Å²) in [5.74, 6) is -0.0516. The molecule has 0 aromatic heterocycles. The number of urea groups is 1. The van der Waals surface area contributed by atoms with Crippen molar-refractivity contribution in [3.8, 4) is 0 Å². The molecular weight excluding hydrogens is 264 g/mol. The van der Waals surface area contributed by atoms with Gasteiger partial charge in [-0.05, 0) is 24.8 Å². The van der Waals surface area contributed by atoms with Gasteiger partial charge < -0.3 is 5.32 Å². The van der Waals surface area contributed by atoms with E-state index in [1.165, 1.54) is 29.7 Å². The zero-order valence-electron chi connectivity index (χ0n) is 12.3. The van der Waals surface area contributed by atoms with Crippen molar-refractivity contribution >= 4 is 11.9 Å². The summed E-state index contributed by atoms with van der Waals surface area (Å²) in [6, 6.07) is 10.1. The molecule has 0 radical (unpaired) electrons. The summed E-state index contributed by atoms with van der Waals surface area (Å²) < 4.78 is 0. The van der Waals surface area contributed by atoms with E-state index in [-0.39, 0.29) is 24.0 Å². The maximum atomic E-state index is 12.3. The number of nitrogens with one attached hydrogen (secondary N) is 1. The lowest BCUT2D eigenvalue weighted by molar-refractivity contribution is -0.140. The van der Waals surface area contributed by atoms with Crippen LogP contribution in [0, 0.1) is 0 Å². The first-order valence-corrected chi connectivity index (χ1v) is 7.90. The molecule has 1 aromatic rings. The molecule has 1 heterocycles. The third-order valence-corrected chi connectivity index (χ3v) is 4.51. The Morgan fingerprint density at radius 2 is 1.86 bits per heavy atom. The van der Waals surface area contributed by atoms with Gasteiger partial charge in [-0.15, -0.1) is 0 Å². The molecule has 0 bridgehead atoms. The smallest absolute Gasteiger partial charge is 0.324 e. The Balaban J connectivity index is 1.57. The average molecular weight is 286 g/mol. The van der Waals surface area contributed by atoms with E-state index in [2.05, 4.69) is 5.32 Å². The van der Waals surface area contributed by atoms with Crippen molar-refractivity contribution in [2.75, 3.05) is 0 Å². The van der Waals surface area contributed by atoms with Crippen LogP contribution >= 0.6 is 0 Å². The molecule has 1 aliphatic carbocycles. The highest BCUT2D eigenvalue weighted by Crippen LogP contribution is 2.24. The van der Waals surface area contributed by atoms with Gasteiger partial charge in [0.15, 0.2) is 0 Å². The van der Waals surface area contributed by atoms with Crippen LogP contribution in [-0.4, -0.2) is 28.9 Å². The van der Waals surface area contributed by atoms with Gasteiger partial charge in [0.05, 0.1) is 6.04 Å². The van der Waals surface area contributed by atoms with Crippen LogP contribution in [0.3, 0.4) is 0 Å². The normalized spacial score (nSPS) is 22.8. The fourth-order valence-corrected chi connectivity index (χ4v) is 3.30. The van der Waals surface area contributed by atoms with Crippen molar-refractivity contribution in [1.29, 1.82) is 0 Å². The lowest BCUT2D eigenvalue weighted by Crippen LogP contribution is -2.60. The van der Waals surface area contributed by atoms with Gasteiger partial charge in [-0.25, -0.2) is 4.79 Å². The fourth-order valence-electron chi connectivity index (χ4n) is 3.30. The average Bonchev–Trinajstić information content (AvgIpc) is 2.48. The molecule has 1 aliphatic heterocycles. The zero-order valence-corrected chi connectivity index (χ0v) is 12.3. The predicted molar refractivity (Wildman–Crippen MR) is 80.8 cm³/mol. The van der Waals surface area contributed by atoms with Crippen molar-refractivity contribution in [3.05, 3.63) is 35.9 Å². The molecule has 1 atom stereocenters. The minimum Gasteiger partial charge on any atom is -0.335 e. The summed E-state index contributed by atoms with van der Waals surface area (Å²) in [5.41, 5.74) is 1.17. The molecule has 3 rings (SSSR count). The van der Waals surface area contributed by atoms with E-state index in [0.717, 1.165) is 19.3 Å². The Labute approximate surface area is 125 Å². The van der Waals surface area contributed by atoms with Crippen LogP contribution in [-0.2, 0) is 11.2 Å². The van der Waals surface area contributed by atoms with Crippen LogP contribution < -0.4 is 5.32 Å². The summed E-state index contributed by atoms with van der Waals surface area (Å²) >= 11 is 0. The first kappa shape index (κ1) is 14.1. The van der Waals surface area contributed by atoms with Gasteiger partial charge in [-0.3, -0.25) is 9.69 Å².